The van der Waals surface area contributed by atoms with Crippen LogP contribution in [0, 0.1) is 5.92 Å². The second-order valence-corrected chi connectivity index (χ2v) is 6.14. The van der Waals surface area contributed by atoms with Gasteiger partial charge < -0.3 is 19.7 Å². The molecule has 21 heavy (non-hydrogen) atoms. The number of nitrogens with one attached hydrogen (secondary N) is 1. The second kappa shape index (κ2) is 10.8. The number of hydrogen-bond acceptors (Lipinski definition) is 4. The third-order valence-electron chi connectivity index (χ3n) is 3.34. The van der Waals surface area contributed by atoms with Gasteiger partial charge in [-0.15, -0.1) is 0 Å². The van der Waals surface area contributed by atoms with Crippen molar-refractivity contribution in [3.63, 3.8) is 0 Å². The average Bonchev–Trinajstić information content (AvgIpc) is 2.93. The first-order valence-electron chi connectivity index (χ1n) is 8.04. The summed E-state index contributed by atoms with van der Waals surface area (Å²) in [5, 5.41) is 13.1. The number of aliphatic hydroxyl groups excluding tert-OH is 1. The molecular weight excluding hydrogens is 266 g/mol. The van der Waals surface area contributed by atoms with Gasteiger partial charge in [-0.3, -0.25) is 0 Å². The molecule has 0 aliphatic heterocycles. The summed E-state index contributed by atoms with van der Waals surface area (Å²) in [6.45, 7) is 9.36. The van der Waals surface area contributed by atoms with Gasteiger partial charge in [0, 0.05) is 25.5 Å². The van der Waals surface area contributed by atoms with Crippen LogP contribution in [0.5, 0.6) is 0 Å². The molecule has 0 saturated carbocycles. The Morgan fingerprint density at radius 3 is 2.76 bits per heavy atom. The molecule has 0 aromatic carbocycles. The van der Waals surface area contributed by atoms with Crippen molar-refractivity contribution in [1.29, 1.82) is 0 Å². The predicted molar refractivity (Wildman–Crippen MR) is 85.2 cm³/mol. The van der Waals surface area contributed by atoms with E-state index < -0.39 is 6.10 Å². The van der Waals surface area contributed by atoms with Crippen LogP contribution in [0.15, 0.2) is 18.7 Å². The fraction of sp³-hybridized carbons (Fsp3) is 0.812. The van der Waals surface area contributed by atoms with Crippen molar-refractivity contribution >= 4 is 0 Å². The highest BCUT2D eigenvalue weighted by atomic mass is 16.5. The van der Waals surface area contributed by atoms with E-state index in [1.165, 1.54) is 0 Å². The monoisotopic (exact) mass is 297 g/mol. The summed E-state index contributed by atoms with van der Waals surface area (Å²) in [5.41, 5.74) is 0. The Bertz CT molecular complexity index is 341. The molecule has 1 heterocycles. The van der Waals surface area contributed by atoms with Crippen LogP contribution >= 0.6 is 0 Å². The highest BCUT2D eigenvalue weighted by molar-refractivity contribution is 4.73. The molecule has 1 aromatic heterocycles. The van der Waals surface area contributed by atoms with E-state index in [0.29, 0.717) is 19.1 Å². The summed E-state index contributed by atoms with van der Waals surface area (Å²) in [7, 11) is 0. The first-order valence-corrected chi connectivity index (χ1v) is 8.04. The van der Waals surface area contributed by atoms with Crippen LogP contribution < -0.4 is 5.32 Å². The van der Waals surface area contributed by atoms with Gasteiger partial charge in [0.25, 0.3) is 0 Å². The molecular formula is C16H31N3O2. The zero-order chi connectivity index (χ0) is 15.5. The number of hydrogen-bond donors (Lipinski definition) is 2. The Balaban J connectivity index is 1.92. The van der Waals surface area contributed by atoms with Crippen LogP contribution in [0.3, 0.4) is 0 Å². The average molecular weight is 297 g/mol. The zero-order valence-corrected chi connectivity index (χ0v) is 13.7. The standard InChI is InChI=1S/C16H31N3O2/c1-14(2)10-15(3)21-12-16(20)11-17-6-4-5-8-19-9-7-18-13-19/h7,9,13-17,20H,4-6,8,10-12H2,1-3H3. The van der Waals surface area contributed by atoms with Gasteiger partial charge in [0.05, 0.1) is 25.1 Å². The van der Waals surface area contributed by atoms with Gasteiger partial charge in [-0.05, 0) is 38.6 Å². The van der Waals surface area contributed by atoms with Crippen molar-refractivity contribution in [2.24, 2.45) is 5.92 Å². The summed E-state index contributed by atoms with van der Waals surface area (Å²) in [4.78, 5) is 4.01. The number of nitrogens with zero attached hydrogens (tertiary/aromatic N) is 2. The topological polar surface area (TPSA) is 59.3 Å². The largest absolute Gasteiger partial charge is 0.389 e. The lowest BCUT2D eigenvalue weighted by atomic mass is 10.1. The minimum Gasteiger partial charge on any atom is -0.389 e. The van der Waals surface area contributed by atoms with Crippen molar-refractivity contribution < 1.29 is 9.84 Å². The van der Waals surface area contributed by atoms with E-state index in [9.17, 15) is 5.11 Å². The van der Waals surface area contributed by atoms with E-state index in [4.69, 9.17) is 4.74 Å². The number of aliphatic hydroxyl groups is 1. The summed E-state index contributed by atoms with van der Waals surface area (Å²) in [5.74, 6) is 0.630. The van der Waals surface area contributed by atoms with E-state index in [2.05, 4.69) is 35.6 Å². The summed E-state index contributed by atoms with van der Waals surface area (Å²) in [6.07, 6.45) is 8.66. The van der Waals surface area contributed by atoms with E-state index in [0.717, 1.165) is 32.4 Å². The molecule has 0 spiro atoms. The maximum absolute atomic E-state index is 9.84. The first-order chi connectivity index (χ1) is 10.1. The molecule has 2 atom stereocenters. The summed E-state index contributed by atoms with van der Waals surface area (Å²) >= 11 is 0. The predicted octanol–water partition coefficient (Wildman–Crippen LogP) is 2.06. The minimum absolute atomic E-state index is 0.217. The SMILES string of the molecule is CC(C)CC(C)OCC(O)CNCCCCn1ccnc1. The van der Waals surface area contributed by atoms with Crippen LogP contribution in [-0.2, 0) is 11.3 Å². The molecule has 0 aliphatic rings. The van der Waals surface area contributed by atoms with E-state index >= 15 is 0 Å². The van der Waals surface area contributed by atoms with Crippen molar-refractivity contribution in [2.45, 2.75) is 58.8 Å². The Hall–Kier alpha value is -0.910. The molecule has 0 aliphatic carbocycles. The van der Waals surface area contributed by atoms with Gasteiger partial charge in [0.2, 0.25) is 0 Å². The fourth-order valence-corrected chi connectivity index (χ4v) is 2.30. The van der Waals surface area contributed by atoms with Crippen LogP contribution in [0.4, 0.5) is 0 Å². The van der Waals surface area contributed by atoms with Crippen LogP contribution in [0.1, 0.15) is 40.0 Å². The number of aromatic nitrogens is 2. The highest BCUT2D eigenvalue weighted by Gasteiger charge is 2.09. The Morgan fingerprint density at radius 1 is 1.29 bits per heavy atom. The molecule has 122 valence electrons. The molecule has 1 aromatic rings. The Morgan fingerprint density at radius 2 is 2.10 bits per heavy atom. The van der Waals surface area contributed by atoms with Crippen molar-refractivity contribution in [3.8, 4) is 0 Å². The molecule has 0 saturated heterocycles. The number of unbranched alkanes of at least 4 members (excludes halogenated alkanes) is 1. The maximum Gasteiger partial charge on any atom is 0.0945 e. The van der Waals surface area contributed by atoms with Crippen molar-refractivity contribution in [2.75, 3.05) is 19.7 Å². The molecule has 0 radical (unpaired) electrons. The zero-order valence-electron chi connectivity index (χ0n) is 13.7. The van der Waals surface area contributed by atoms with Gasteiger partial charge in [-0.25, -0.2) is 4.98 Å². The summed E-state index contributed by atoms with van der Waals surface area (Å²) < 4.78 is 7.72. The molecule has 0 fully saturated rings. The normalized spacial score (nSPS) is 14.5. The number of rotatable bonds is 12. The van der Waals surface area contributed by atoms with Gasteiger partial charge >= 0.3 is 0 Å². The maximum atomic E-state index is 9.84. The third kappa shape index (κ3) is 9.61. The Labute approximate surface area is 128 Å². The van der Waals surface area contributed by atoms with Crippen LogP contribution in [-0.4, -0.2) is 46.6 Å². The lowest BCUT2D eigenvalue weighted by Crippen LogP contribution is -2.32. The lowest BCUT2D eigenvalue weighted by molar-refractivity contribution is -0.00844. The fourth-order valence-electron chi connectivity index (χ4n) is 2.30. The van der Waals surface area contributed by atoms with Gasteiger partial charge in [-0.1, -0.05) is 13.8 Å². The smallest absolute Gasteiger partial charge is 0.0945 e. The first kappa shape index (κ1) is 18.1. The van der Waals surface area contributed by atoms with Gasteiger partial charge in [0.1, 0.15) is 0 Å². The van der Waals surface area contributed by atoms with Crippen LogP contribution in [0.2, 0.25) is 0 Å². The minimum atomic E-state index is -0.423. The molecule has 0 amide bonds. The number of imidazole rings is 1. The molecule has 5 nitrogen and oxygen atoms in total. The molecule has 2 N–H and O–H groups in total. The number of aryl methyl sites for hydroxylation is 1. The van der Waals surface area contributed by atoms with Crippen molar-refractivity contribution in [1.82, 2.24) is 14.9 Å². The second-order valence-electron chi connectivity index (χ2n) is 6.14. The van der Waals surface area contributed by atoms with E-state index in [-0.39, 0.29) is 6.10 Å². The number of ether oxygens (including phenoxy) is 1. The van der Waals surface area contributed by atoms with Crippen LogP contribution in [0.25, 0.3) is 0 Å². The highest BCUT2D eigenvalue weighted by Crippen LogP contribution is 2.07. The molecule has 1 rings (SSSR count). The molecule has 0 bridgehead atoms. The summed E-state index contributed by atoms with van der Waals surface area (Å²) in [6, 6.07) is 0. The van der Waals surface area contributed by atoms with Crippen molar-refractivity contribution in [3.05, 3.63) is 18.7 Å². The lowest BCUT2D eigenvalue weighted by Gasteiger charge is -2.18. The molecule has 5 heteroatoms. The van der Waals surface area contributed by atoms with E-state index in [1.807, 2.05) is 12.5 Å². The third-order valence-corrected chi connectivity index (χ3v) is 3.34. The Kier molecular flexibility index (Phi) is 9.30. The van der Waals surface area contributed by atoms with Gasteiger partial charge in [0.15, 0.2) is 0 Å². The molecule has 2 unspecified atom stereocenters. The van der Waals surface area contributed by atoms with E-state index in [1.54, 1.807) is 6.20 Å². The quantitative estimate of drug-likeness (QED) is 0.580. The van der Waals surface area contributed by atoms with Gasteiger partial charge in [-0.2, -0.15) is 0 Å².